The molecule has 1 aliphatic rings. The molecule has 0 aromatic heterocycles. The fourth-order valence-electron chi connectivity index (χ4n) is 2.80. The van der Waals surface area contributed by atoms with Crippen LogP contribution in [-0.4, -0.2) is 43.2 Å². The van der Waals surface area contributed by atoms with Crippen LogP contribution in [0.2, 0.25) is 0 Å². The molecule has 1 atom stereocenters. The average molecular weight is 290 g/mol. The van der Waals surface area contributed by atoms with Gasteiger partial charge in [0.1, 0.15) is 0 Å². The van der Waals surface area contributed by atoms with Crippen LogP contribution in [0.1, 0.15) is 43.5 Å². The first-order valence-corrected chi connectivity index (χ1v) is 7.99. The number of rotatable bonds is 5. The number of nitrogens with one attached hydrogen (secondary N) is 1. The van der Waals surface area contributed by atoms with Gasteiger partial charge in [-0.3, -0.25) is 0 Å². The summed E-state index contributed by atoms with van der Waals surface area (Å²) in [5.74, 6) is -0.251. The Morgan fingerprint density at radius 1 is 1.33 bits per heavy atom. The van der Waals surface area contributed by atoms with Gasteiger partial charge in [0.05, 0.1) is 12.2 Å². The highest BCUT2D eigenvalue weighted by molar-refractivity contribution is 5.90. The second kappa shape index (κ2) is 8.03. The van der Waals surface area contributed by atoms with Crippen molar-refractivity contribution in [2.45, 2.75) is 39.2 Å². The summed E-state index contributed by atoms with van der Waals surface area (Å²) in [6.45, 7) is 7.92. The van der Waals surface area contributed by atoms with Gasteiger partial charge in [-0.1, -0.05) is 13.0 Å². The zero-order valence-corrected chi connectivity index (χ0v) is 13.1. The van der Waals surface area contributed by atoms with Crippen LogP contribution >= 0.6 is 0 Å². The number of esters is 1. The van der Waals surface area contributed by atoms with E-state index in [0.717, 1.165) is 25.2 Å². The van der Waals surface area contributed by atoms with E-state index in [9.17, 15) is 4.79 Å². The maximum absolute atomic E-state index is 11.8. The average Bonchev–Trinajstić information content (AvgIpc) is 2.73. The second-order valence-electron chi connectivity index (χ2n) is 5.51. The molecule has 1 fully saturated rings. The topological polar surface area (TPSA) is 41.6 Å². The normalized spacial score (nSPS) is 19.8. The molecule has 0 spiro atoms. The minimum absolute atomic E-state index is 0.251. The van der Waals surface area contributed by atoms with Gasteiger partial charge in [0.15, 0.2) is 0 Å². The van der Waals surface area contributed by atoms with E-state index in [0.29, 0.717) is 18.2 Å². The molecular formula is C17H26N2O2. The highest BCUT2D eigenvalue weighted by Crippen LogP contribution is 2.18. The van der Waals surface area contributed by atoms with Crippen molar-refractivity contribution in [1.29, 1.82) is 0 Å². The van der Waals surface area contributed by atoms with E-state index < -0.39 is 0 Å². The van der Waals surface area contributed by atoms with Crippen molar-refractivity contribution >= 4 is 11.7 Å². The molecule has 0 saturated carbocycles. The van der Waals surface area contributed by atoms with E-state index in [4.69, 9.17) is 4.74 Å². The zero-order chi connectivity index (χ0) is 15.1. The van der Waals surface area contributed by atoms with Crippen molar-refractivity contribution in [2.75, 3.05) is 31.6 Å². The van der Waals surface area contributed by atoms with Gasteiger partial charge in [-0.15, -0.1) is 0 Å². The van der Waals surface area contributed by atoms with Crippen molar-refractivity contribution in [3.8, 4) is 0 Å². The lowest BCUT2D eigenvalue weighted by Crippen LogP contribution is -2.26. The van der Waals surface area contributed by atoms with Crippen LogP contribution < -0.4 is 5.32 Å². The third-order valence-electron chi connectivity index (χ3n) is 4.01. The summed E-state index contributed by atoms with van der Waals surface area (Å²) in [5, 5.41) is 3.57. The van der Waals surface area contributed by atoms with Crippen molar-refractivity contribution < 1.29 is 9.53 Å². The third-order valence-corrected chi connectivity index (χ3v) is 4.01. The molecule has 0 aliphatic carbocycles. The van der Waals surface area contributed by atoms with Gasteiger partial charge in [-0.2, -0.15) is 0 Å². The van der Waals surface area contributed by atoms with E-state index in [1.165, 1.54) is 19.4 Å². The Labute approximate surface area is 127 Å². The monoisotopic (exact) mass is 290 g/mol. The van der Waals surface area contributed by atoms with E-state index >= 15 is 0 Å². The minimum atomic E-state index is -0.251. The maximum Gasteiger partial charge on any atom is 0.338 e. The molecule has 0 radical (unpaired) electrons. The predicted octanol–water partition coefficient (Wildman–Crippen LogP) is 3.15. The Bertz CT molecular complexity index is 462. The van der Waals surface area contributed by atoms with Crippen LogP contribution in [0, 0.1) is 0 Å². The van der Waals surface area contributed by atoms with Crippen LogP contribution in [0.3, 0.4) is 0 Å². The number of anilines is 1. The molecular weight excluding hydrogens is 264 g/mol. The molecule has 0 bridgehead atoms. The standard InChI is InChI=1S/C17H26N2O2/c1-3-19-11-6-9-15(10-12-19)18-16-8-5-7-14(13-16)17(20)21-4-2/h5,7-8,13,15,18H,3-4,6,9-12H2,1-2H3. The number of likely N-dealkylation sites (tertiary alicyclic amines) is 1. The largest absolute Gasteiger partial charge is 0.462 e. The quantitative estimate of drug-likeness (QED) is 0.846. The van der Waals surface area contributed by atoms with E-state index in [-0.39, 0.29) is 5.97 Å². The number of nitrogens with zero attached hydrogens (tertiary/aromatic N) is 1. The number of ether oxygens (including phenoxy) is 1. The summed E-state index contributed by atoms with van der Waals surface area (Å²) in [5.41, 5.74) is 1.63. The van der Waals surface area contributed by atoms with Gasteiger partial charge >= 0.3 is 5.97 Å². The van der Waals surface area contributed by atoms with Gasteiger partial charge < -0.3 is 15.0 Å². The van der Waals surface area contributed by atoms with Crippen LogP contribution in [-0.2, 0) is 4.74 Å². The lowest BCUT2D eigenvalue weighted by molar-refractivity contribution is 0.0526. The SMILES string of the molecule is CCOC(=O)c1cccc(NC2CCCN(CC)CC2)c1. The number of carbonyl (C=O) groups is 1. The number of carbonyl (C=O) groups excluding carboxylic acids is 1. The lowest BCUT2D eigenvalue weighted by Gasteiger charge is -2.19. The molecule has 4 heteroatoms. The molecule has 1 N–H and O–H groups in total. The summed E-state index contributed by atoms with van der Waals surface area (Å²) < 4.78 is 5.05. The second-order valence-corrected chi connectivity index (χ2v) is 5.51. The first kappa shape index (κ1) is 15.8. The maximum atomic E-state index is 11.8. The number of benzene rings is 1. The Hall–Kier alpha value is -1.55. The van der Waals surface area contributed by atoms with Crippen molar-refractivity contribution in [3.05, 3.63) is 29.8 Å². The van der Waals surface area contributed by atoms with Gasteiger partial charge in [0.25, 0.3) is 0 Å². The third kappa shape index (κ3) is 4.74. The zero-order valence-electron chi connectivity index (χ0n) is 13.1. The summed E-state index contributed by atoms with van der Waals surface area (Å²) in [7, 11) is 0. The van der Waals surface area contributed by atoms with Crippen LogP contribution in [0.5, 0.6) is 0 Å². The van der Waals surface area contributed by atoms with Crippen molar-refractivity contribution in [1.82, 2.24) is 4.90 Å². The Morgan fingerprint density at radius 3 is 2.95 bits per heavy atom. The van der Waals surface area contributed by atoms with Gasteiger partial charge in [0, 0.05) is 18.3 Å². The Kier molecular flexibility index (Phi) is 6.05. The predicted molar refractivity (Wildman–Crippen MR) is 85.8 cm³/mol. The fourth-order valence-corrected chi connectivity index (χ4v) is 2.80. The minimum Gasteiger partial charge on any atom is -0.462 e. The molecule has 4 nitrogen and oxygen atoms in total. The molecule has 0 amide bonds. The summed E-state index contributed by atoms with van der Waals surface area (Å²) >= 11 is 0. The van der Waals surface area contributed by atoms with Crippen LogP contribution in [0.15, 0.2) is 24.3 Å². The smallest absolute Gasteiger partial charge is 0.338 e. The molecule has 1 aromatic carbocycles. The first-order chi connectivity index (χ1) is 10.2. The molecule has 21 heavy (non-hydrogen) atoms. The Balaban J connectivity index is 1.96. The summed E-state index contributed by atoms with van der Waals surface area (Å²) in [6.07, 6.45) is 3.56. The Morgan fingerprint density at radius 2 is 2.19 bits per heavy atom. The van der Waals surface area contributed by atoms with Gasteiger partial charge in [0.2, 0.25) is 0 Å². The number of hydrogen-bond donors (Lipinski definition) is 1. The van der Waals surface area contributed by atoms with Gasteiger partial charge in [-0.25, -0.2) is 4.79 Å². The van der Waals surface area contributed by atoms with Crippen molar-refractivity contribution in [2.24, 2.45) is 0 Å². The fraction of sp³-hybridized carbons (Fsp3) is 0.588. The molecule has 1 heterocycles. The van der Waals surface area contributed by atoms with E-state index in [1.54, 1.807) is 6.07 Å². The molecule has 1 aromatic rings. The first-order valence-electron chi connectivity index (χ1n) is 7.99. The van der Waals surface area contributed by atoms with Crippen LogP contribution in [0.4, 0.5) is 5.69 Å². The lowest BCUT2D eigenvalue weighted by atomic mass is 10.1. The van der Waals surface area contributed by atoms with Gasteiger partial charge in [-0.05, 0) is 57.5 Å². The van der Waals surface area contributed by atoms with E-state index in [2.05, 4.69) is 17.1 Å². The number of hydrogen-bond acceptors (Lipinski definition) is 4. The molecule has 1 saturated heterocycles. The van der Waals surface area contributed by atoms with Crippen molar-refractivity contribution in [3.63, 3.8) is 0 Å². The van der Waals surface area contributed by atoms with E-state index in [1.807, 2.05) is 25.1 Å². The van der Waals surface area contributed by atoms with Crippen LogP contribution in [0.25, 0.3) is 0 Å². The molecule has 116 valence electrons. The summed E-state index contributed by atoms with van der Waals surface area (Å²) in [4.78, 5) is 14.3. The molecule has 1 aliphatic heterocycles. The molecule has 1 unspecified atom stereocenters. The summed E-state index contributed by atoms with van der Waals surface area (Å²) in [6, 6.07) is 8.10. The highest BCUT2D eigenvalue weighted by atomic mass is 16.5. The molecule has 2 rings (SSSR count). The highest BCUT2D eigenvalue weighted by Gasteiger charge is 2.16.